The van der Waals surface area contributed by atoms with Crippen LogP contribution in [0.1, 0.15) is 18.4 Å². The van der Waals surface area contributed by atoms with Crippen molar-refractivity contribution in [1.82, 2.24) is 10.6 Å². The molecule has 1 saturated heterocycles. The zero-order valence-corrected chi connectivity index (χ0v) is 14.0. The van der Waals surface area contributed by atoms with Gasteiger partial charge in [0.05, 0.1) is 0 Å². The lowest BCUT2D eigenvalue weighted by Gasteiger charge is -2.26. The van der Waals surface area contributed by atoms with E-state index < -0.39 is 17.5 Å². The van der Waals surface area contributed by atoms with Crippen LogP contribution in [0, 0.1) is 0 Å². The monoisotopic (exact) mass is 357 g/mol. The molecule has 1 fully saturated rings. The summed E-state index contributed by atoms with van der Waals surface area (Å²) in [5.74, 6) is -0.731. The van der Waals surface area contributed by atoms with E-state index in [1.54, 1.807) is 48.5 Å². The molecule has 1 unspecified atom stereocenters. The molecule has 6 nitrogen and oxygen atoms in total. The number of benzene rings is 2. The van der Waals surface area contributed by atoms with Crippen molar-refractivity contribution in [2.75, 3.05) is 5.32 Å². The molecule has 3 rings (SSSR count). The van der Waals surface area contributed by atoms with Gasteiger partial charge in [0.15, 0.2) is 0 Å². The number of amides is 4. The van der Waals surface area contributed by atoms with Crippen molar-refractivity contribution >= 4 is 35.1 Å². The molecule has 7 heteroatoms. The molecule has 128 valence electrons. The van der Waals surface area contributed by atoms with E-state index in [1.807, 2.05) is 6.07 Å². The van der Waals surface area contributed by atoms with E-state index in [9.17, 15) is 14.4 Å². The summed E-state index contributed by atoms with van der Waals surface area (Å²) >= 11 is 5.89. The van der Waals surface area contributed by atoms with Crippen LogP contribution in [0.5, 0.6) is 0 Å². The van der Waals surface area contributed by atoms with Gasteiger partial charge in [-0.05, 0) is 30.2 Å². The van der Waals surface area contributed by atoms with Gasteiger partial charge in [-0.2, -0.15) is 0 Å². The van der Waals surface area contributed by atoms with Crippen LogP contribution in [-0.2, 0) is 15.1 Å². The van der Waals surface area contributed by atoms with Crippen LogP contribution in [-0.4, -0.2) is 17.8 Å². The molecular weight excluding hydrogens is 342 g/mol. The van der Waals surface area contributed by atoms with Crippen LogP contribution in [0.15, 0.2) is 54.6 Å². The first-order valence-corrected chi connectivity index (χ1v) is 8.12. The van der Waals surface area contributed by atoms with Gasteiger partial charge < -0.3 is 10.6 Å². The van der Waals surface area contributed by atoms with Crippen molar-refractivity contribution in [2.24, 2.45) is 0 Å². The van der Waals surface area contributed by atoms with Gasteiger partial charge in [-0.25, -0.2) is 4.79 Å². The van der Waals surface area contributed by atoms with Crippen molar-refractivity contribution in [3.8, 4) is 0 Å². The molecule has 0 radical (unpaired) electrons. The molecule has 0 spiro atoms. The zero-order chi connectivity index (χ0) is 17.9. The highest BCUT2D eigenvalue weighted by Gasteiger charge is 2.47. The number of hydrogen-bond donors (Lipinski definition) is 3. The fraction of sp³-hybridized carbons (Fsp3) is 0.167. The average molecular weight is 358 g/mol. The van der Waals surface area contributed by atoms with E-state index in [2.05, 4.69) is 16.0 Å². The predicted molar refractivity (Wildman–Crippen MR) is 94.1 cm³/mol. The molecule has 3 N–H and O–H groups in total. The van der Waals surface area contributed by atoms with Crippen LogP contribution in [0.4, 0.5) is 10.5 Å². The van der Waals surface area contributed by atoms with Gasteiger partial charge in [0, 0.05) is 17.1 Å². The lowest BCUT2D eigenvalue weighted by atomic mass is 9.85. The summed E-state index contributed by atoms with van der Waals surface area (Å²) in [5, 5.41) is 8.16. The molecule has 1 aliphatic heterocycles. The molecule has 25 heavy (non-hydrogen) atoms. The summed E-state index contributed by atoms with van der Waals surface area (Å²) < 4.78 is 0. The second-order valence-corrected chi connectivity index (χ2v) is 6.17. The molecule has 1 atom stereocenters. The van der Waals surface area contributed by atoms with E-state index in [-0.39, 0.29) is 18.7 Å². The molecule has 2 aromatic rings. The smallest absolute Gasteiger partial charge is 0.322 e. The van der Waals surface area contributed by atoms with Crippen molar-refractivity contribution in [2.45, 2.75) is 18.4 Å². The number of urea groups is 1. The number of nitrogens with one attached hydrogen (secondary N) is 3. The van der Waals surface area contributed by atoms with Crippen LogP contribution in [0.25, 0.3) is 0 Å². The van der Waals surface area contributed by atoms with Crippen molar-refractivity contribution in [3.05, 3.63) is 65.2 Å². The first-order valence-electron chi connectivity index (χ1n) is 7.74. The second-order valence-electron chi connectivity index (χ2n) is 5.74. The highest BCUT2D eigenvalue weighted by atomic mass is 35.5. The Labute approximate surface area is 149 Å². The summed E-state index contributed by atoms with van der Waals surface area (Å²) in [6.45, 7) is 0. The summed E-state index contributed by atoms with van der Waals surface area (Å²) in [7, 11) is 0. The molecule has 1 heterocycles. The minimum Gasteiger partial charge on any atom is -0.326 e. The highest BCUT2D eigenvalue weighted by molar-refractivity contribution is 6.30. The molecular formula is C18H16ClN3O3. The maximum absolute atomic E-state index is 12.4. The fourth-order valence-electron chi connectivity index (χ4n) is 2.83. The van der Waals surface area contributed by atoms with Gasteiger partial charge in [-0.1, -0.05) is 48.0 Å². The molecule has 2 aromatic carbocycles. The molecule has 0 aliphatic carbocycles. The number of hydrogen-bond acceptors (Lipinski definition) is 3. The third-order valence-electron chi connectivity index (χ3n) is 4.04. The number of imide groups is 1. The minimum absolute atomic E-state index is 0.0507. The molecule has 0 saturated carbocycles. The van der Waals surface area contributed by atoms with Gasteiger partial charge in [-0.15, -0.1) is 0 Å². The average Bonchev–Trinajstić information content (AvgIpc) is 2.88. The maximum Gasteiger partial charge on any atom is 0.322 e. The lowest BCUT2D eigenvalue weighted by molar-refractivity contribution is -0.125. The Kier molecular flexibility index (Phi) is 4.72. The Bertz CT molecular complexity index is 825. The molecule has 0 aromatic heterocycles. The third kappa shape index (κ3) is 3.64. The van der Waals surface area contributed by atoms with Crippen molar-refractivity contribution in [1.29, 1.82) is 0 Å². The van der Waals surface area contributed by atoms with E-state index in [0.717, 1.165) is 0 Å². The number of anilines is 1. The Hall–Kier alpha value is -2.86. The topological polar surface area (TPSA) is 87.3 Å². The van der Waals surface area contributed by atoms with Crippen LogP contribution in [0.3, 0.4) is 0 Å². The van der Waals surface area contributed by atoms with Gasteiger partial charge in [0.25, 0.3) is 5.91 Å². The van der Waals surface area contributed by atoms with Gasteiger partial charge in [-0.3, -0.25) is 14.9 Å². The Morgan fingerprint density at radius 1 is 1.08 bits per heavy atom. The van der Waals surface area contributed by atoms with Gasteiger partial charge >= 0.3 is 6.03 Å². The number of carbonyl (C=O) groups excluding carboxylic acids is 3. The zero-order valence-electron chi connectivity index (χ0n) is 13.2. The first-order chi connectivity index (χ1) is 12.0. The van der Waals surface area contributed by atoms with Crippen LogP contribution in [0.2, 0.25) is 5.02 Å². The van der Waals surface area contributed by atoms with Crippen LogP contribution >= 0.6 is 11.6 Å². The number of carbonyl (C=O) groups is 3. The molecule has 4 amide bonds. The quantitative estimate of drug-likeness (QED) is 0.719. The summed E-state index contributed by atoms with van der Waals surface area (Å²) in [6, 6.07) is 15.1. The predicted octanol–water partition coefficient (Wildman–Crippen LogP) is 2.79. The van der Waals surface area contributed by atoms with Crippen molar-refractivity contribution in [3.63, 3.8) is 0 Å². The Morgan fingerprint density at radius 2 is 1.84 bits per heavy atom. The number of rotatable bonds is 5. The van der Waals surface area contributed by atoms with E-state index >= 15 is 0 Å². The van der Waals surface area contributed by atoms with Crippen LogP contribution < -0.4 is 16.0 Å². The Morgan fingerprint density at radius 3 is 2.48 bits per heavy atom. The van der Waals surface area contributed by atoms with Crippen molar-refractivity contribution < 1.29 is 14.4 Å². The SMILES string of the molecule is O=C(CCC1(c2ccccc2)NC(=O)NC1=O)Nc1cccc(Cl)c1. The Balaban J connectivity index is 1.75. The number of halogens is 1. The third-order valence-corrected chi connectivity index (χ3v) is 4.28. The minimum atomic E-state index is -1.25. The summed E-state index contributed by atoms with van der Waals surface area (Å²) in [4.78, 5) is 36.3. The molecule has 1 aliphatic rings. The van der Waals surface area contributed by atoms with E-state index in [0.29, 0.717) is 16.3 Å². The standard InChI is InChI=1S/C18H16ClN3O3/c19-13-7-4-8-14(11-13)20-15(23)9-10-18(12-5-2-1-3-6-12)16(24)21-17(25)22-18/h1-8,11H,9-10H2,(H,20,23)(H2,21,22,24,25). The van der Waals surface area contributed by atoms with Gasteiger partial charge in [0.2, 0.25) is 5.91 Å². The fourth-order valence-corrected chi connectivity index (χ4v) is 3.02. The molecule has 0 bridgehead atoms. The second kappa shape index (κ2) is 6.94. The summed E-state index contributed by atoms with van der Waals surface area (Å²) in [6.07, 6.45) is 0.191. The van der Waals surface area contributed by atoms with E-state index in [1.165, 1.54) is 0 Å². The lowest BCUT2D eigenvalue weighted by Crippen LogP contribution is -2.44. The normalized spacial score (nSPS) is 19.2. The highest BCUT2D eigenvalue weighted by Crippen LogP contribution is 2.30. The maximum atomic E-state index is 12.4. The van der Waals surface area contributed by atoms with Gasteiger partial charge in [0.1, 0.15) is 5.54 Å². The summed E-state index contributed by atoms with van der Waals surface area (Å²) in [5.41, 5.74) is -0.0376. The largest absolute Gasteiger partial charge is 0.326 e. The van der Waals surface area contributed by atoms with E-state index in [4.69, 9.17) is 11.6 Å². The first kappa shape index (κ1) is 17.0.